The molecular formula is C40H54O6. The second kappa shape index (κ2) is 10.1. The topological polar surface area (TPSA) is 82.1 Å². The fraction of sp³-hybridized carbons (Fsp3) is 0.700. The lowest BCUT2D eigenvalue weighted by molar-refractivity contribution is -0.247. The summed E-state index contributed by atoms with van der Waals surface area (Å²) in [4.78, 5) is 27.0. The van der Waals surface area contributed by atoms with Crippen LogP contribution in [-0.2, 0) is 19.1 Å². The Morgan fingerprint density at radius 2 is 1.76 bits per heavy atom. The Kier molecular flexibility index (Phi) is 7.00. The Hall–Kier alpha value is -2.76. The van der Waals surface area contributed by atoms with Crippen LogP contribution in [-0.4, -0.2) is 35.9 Å². The number of phenols is 1. The minimum Gasteiger partial charge on any atom is -0.504 e. The van der Waals surface area contributed by atoms with Crippen molar-refractivity contribution in [3.63, 3.8) is 0 Å². The molecule has 1 N–H and O–H groups in total. The van der Waals surface area contributed by atoms with Gasteiger partial charge in [0.15, 0.2) is 11.5 Å². The summed E-state index contributed by atoms with van der Waals surface area (Å²) in [5, 5.41) is 9.90. The van der Waals surface area contributed by atoms with E-state index in [0.29, 0.717) is 29.4 Å². The third-order valence-electron chi connectivity index (χ3n) is 15.6. The average Bonchev–Trinajstić information content (AvgIpc) is 3.21. The fourth-order valence-electron chi connectivity index (χ4n) is 12.8. The number of ether oxygens (including phenoxy) is 3. The van der Waals surface area contributed by atoms with Gasteiger partial charge in [-0.1, -0.05) is 60.6 Å². The lowest BCUT2D eigenvalue weighted by Gasteiger charge is -2.72. The van der Waals surface area contributed by atoms with Crippen LogP contribution in [0.1, 0.15) is 105 Å². The molecule has 7 rings (SSSR count). The number of aromatic hydroxyl groups is 1. The molecule has 250 valence electrons. The number of phenolic OH excluding ortho intramolecular Hbond substituents is 1. The first-order valence-corrected chi connectivity index (χ1v) is 17.8. The van der Waals surface area contributed by atoms with E-state index in [1.807, 2.05) is 0 Å². The first-order valence-electron chi connectivity index (χ1n) is 17.8. The van der Waals surface area contributed by atoms with Crippen LogP contribution in [0.3, 0.4) is 0 Å². The standard InChI is InChI=1S/C40H54O6/c1-24-13-19-39-22-21-38(7)37(6)18-14-29-35(3,4)31(45-32(42)12-10-26-9-11-27(41)28(23-26)44-8)16-17-36(29,5)30(37)15-20-40(38,46-34(39)43)33(39)25(24)2/h9-12,15,20,23-25,29-31,33,41H,13-14,16-19,21-22H2,1-8H3/b12-10+. The van der Waals surface area contributed by atoms with E-state index in [-0.39, 0.29) is 56.8 Å². The van der Waals surface area contributed by atoms with Crippen LogP contribution in [0.5, 0.6) is 11.5 Å². The molecule has 5 aliphatic carbocycles. The first kappa shape index (κ1) is 31.8. The number of fused-ring (bicyclic) bond motifs is 4. The second-order valence-corrected chi connectivity index (χ2v) is 17.4. The van der Waals surface area contributed by atoms with Crippen molar-refractivity contribution in [1.29, 1.82) is 0 Å². The first-order chi connectivity index (χ1) is 21.6. The molecule has 1 aliphatic heterocycles. The molecule has 6 nitrogen and oxygen atoms in total. The number of methoxy groups -OCH3 is 1. The van der Waals surface area contributed by atoms with E-state index in [9.17, 15) is 14.7 Å². The molecule has 1 aromatic rings. The number of carbonyl (C=O) groups is 2. The van der Waals surface area contributed by atoms with Crippen LogP contribution in [0.2, 0.25) is 0 Å². The maximum atomic E-state index is 13.9. The Balaban J connectivity index is 1.16. The summed E-state index contributed by atoms with van der Waals surface area (Å²) < 4.78 is 18.2. The molecule has 1 aromatic carbocycles. The monoisotopic (exact) mass is 630 g/mol. The van der Waals surface area contributed by atoms with Crippen molar-refractivity contribution in [2.75, 3.05) is 7.11 Å². The van der Waals surface area contributed by atoms with Crippen molar-refractivity contribution in [3.05, 3.63) is 42.0 Å². The normalized spacial score (nSPS) is 46.8. The highest BCUT2D eigenvalue weighted by Gasteiger charge is 2.80. The summed E-state index contributed by atoms with van der Waals surface area (Å²) in [5.41, 5.74) is -0.367. The number of esters is 2. The number of hydrogen-bond donors (Lipinski definition) is 1. The van der Waals surface area contributed by atoms with Crippen LogP contribution < -0.4 is 4.74 Å². The molecule has 0 aromatic heterocycles. The van der Waals surface area contributed by atoms with Gasteiger partial charge in [-0.25, -0.2) is 4.79 Å². The predicted molar refractivity (Wildman–Crippen MR) is 178 cm³/mol. The van der Waals surface area contributed by atoms with Crippen LogP contribution in [0.15, 0.2) is 36.4 Å². The highest BCUT2D eigenvalue weighted by Crippen LogP contribution is 2.79. The molecule has 2 bridgehead atoms. The SMILES string of the molecule is COc1cc(/C=C/C(=O)OC2CCC3(C)C(CCC4(C)C3C=CC35OC(=O)C6(CCC(C)C(C)C63)CCC45C)C2(C)C)ccc1O. The highest BCUT2D eigenvalue weighted by molar-refractivity contribution is 5.87. The van der Waals surface area contributed by atoms with Crippen molar-refractivity contribution in [2.24, 2.45) is 56.7 Å². The number of allylic oxidation sites excluding steroid dienone is 1. The molecule has 0 radical (unpaired) electrons. The predicted octanol–water partition coefficient (Wildman–Crippen LogP) is 8.52. The van der Waals surface area contributed by atoms with Crippen LogP contribution >= 0.6 is 0 Å². The Labute approximate surface area is 275 Å². The van der Waals surface area contributed by atoms with Gasteiger partial charge in [-0.15, -0.1) is 0 Å². The summed E-state index contributed by atoms with van der Waals surface area (Å²) >= 11 is 0. The lowest BCUT2D eigenvalue weighted by atomic mass is 9.32. The molecule has 1 heterocycles. The number of rotatable bonds is 4. The van der Waals surface area contributed by atoms with Gasteiger partial charge in [0.05, 0.1) is 12.5 Å². The van der Waals surface area contributed by atoms with Crippen molar-refractivity contribution in [3.8, 4) is 11.5 Å². The Morgan fingerprint density at radius 1 is 1.00 bits per heavy atom. The highest BCUT2D eigenvalue weighted by atomic mass is 16.6. The molecule has 0 amide bonds. The number of benzene rings is 1. The molecule has 1 spiro atoms. The van der Waals surface area contributed by atoms with Crippen molar-refractivity contribution >= 4 is 18.0 Å². The Morgan fingerprint density at radius 3 is 2.50 bits per heavy atom. The lowest BCUT2D eigenvalue weighted by Crippen LogP contribution is -2.71. The van der Waals surface area contributed by atoms with E-state index in [4.69, 9.17) is 14.2 Å². The molecule has 6 heteroatoms. The van der Waals surface area contributed by atoms with E-state index in [1.54, 1.807) is 24.3 Å². The smallest absolute Gasteiger partial charge is 0.331 e. The van der Waals surface area contributed by atoms with Crippen molar-refractivity contribution in [2.45, 2.75) is 112 Å². The zero-order valence-corrected chi connectivity index (χ0v) is 29.2. The third-order valence-corrected chi connectivity index (χ3v) is 15.6. The molecule has 1 saturated heterocycles. The van der Waals surface area contributed by atoms with Gasteiger partial charge in [-0.3, -0.25) is 4.79 Å². The maximum Gasteiger partial charge on any atom is 0.331 e. The van der Waals surface area contributed by atoms with Crippen molar-refractivity contribution < 1.29 is 28.9 Å². The van der Waals surface area contributed by atoms with Gasteiger partial charge < -0.3 is 19.3 Å². The van der Waals surface area contributed by atoms with Gasteiger partial charge in [0, 0.05) is 22.8 Å². The van der Waals surface area contributed by atoms with Gasteiger partial charge in [-0.05, 0) is 116 Å². The van der Waals surface area contributed by atoms with Gasteiger partial charge in [0.1, 0.15) is 11.7 Å². The van der Waals surface area contributed by atoms with E-state index in [0.717, 1.165) is 56.9 Å². The second-order valence-electron chi connectivity index (χ2n) is 17.4. The molecular weight excluding hydrogens is 576 g/mol. The average molecular weight is 631 g/mol. The van der Waals surface area contributed by atoms with Gasteiger partial charge in [0.2, 0.25) is 0 Å². The summed E-state index contributed by atoms with van der Waals surface area (Å²) in [6.45, 7) is 16.9. The summed E-state index contributed by atoms with van der Waals surface area (Å²) in [7, 11) is 1.51. The quantitative estimate of drug-likeness (QED) is 0.204. The zero-order chi connectivity index (χ0) is 33.1. The molecule has 11 atom stereocenters. The van der Waals surface area contributed by atoms with Gasteiger partial charge in [-0.2, -0.15) is 0 Å². The van der Waals surface area contributed by atoms with Crippen LogP contribution in [0, 0.1) is 56.7 Å². The molecule has 5 fully saturated rings. The fourth-order valence-corrected chi connectivity index (χ4v) is 12.8. The number of carbonyl (C=O) groups excluding carboxylic acids is 2. The van der Waals surface area contributed by atoms with E-state index < -0.39 is 5.60 Å². The molecule has 46 heavy (non-hydrogen) atoms. The van der Waals surface area contributed by atoms with Gasteiger partial charge in [0.25, 0.3) is 0 Å². The minimum atomic E-state index is -0.527. The largest absolute Gasteiger partial charge is 0.504 e. The minimum absolute atomic E-state index is 0.00229. The van der Waals surface area contributed by atoms with E-state index in [1.165, 1.54) is 13.2 Å². The van der Waals surface area contributed by atoms with Gasteiger partial charge >= 0.3 is 11.9 Å². The van der Waals surface area contributed by atoms with E-state index >= 15 is 0 Å². The summed E-state index contributed by atoms with van der Waals surface area (Å²) in [5.74, 6) is 2.20. The molecule has 4 saturated carbocycles. The van der Waals surface area contributed by atoms with E-state index in [2.05, 4.69) is 60.6 Å². The maximum absolute atomic E-state index is 13.9. The van der Waals surface area contributed by atoms with Crippen LogP contribution in [0.25, 0.3) is 6.08 Å². The Bertz CT molecular complexity index is 1510. The molecule has 6 aliphatic rings. The van der Waals surface area contributed by atoms with Crippen molar-refractivity contribution in [1.82, 2.24) is 0 Å². The van der Waals surface area contributed by atoms with Crippen LogP contribution in [0.4, 0.5) is 0 Å². The third kappa shape index (κ3) is 3.88. The number of hydrogen-bond acceptors (Lipinski definition) is 6. The zero-order valence-electron chi connectivity index (χ0n) is 29.2. The summed E-state index contributed by atoms with van der Waals surface area (Å²) in [6, 6.07) is 5.00. The molecule has 11 unspecified atom stereocenters. The summed E-state index contributed by atoms with van der Waals surface area (Å²) in [6.07, 6.45) is 16.0.